The van der Waals surface area contributed by atoms with Gasteiger partial charge in [-0.05, 0) is 43.4 Å². The van der Waals surface area contributed by atoms with Gasteiger partial charge in [0, 0.05) is 20.1 Å². The Morgan fingerprint density at radius 1 is 1.42 bits per heavy atom. The third kappa shape index (κ3) is 4.66. The van der Waals surface area contributed by atoms with Crippen LogP contribution in [0, 0.1) is 11.8 Å². The number of hydrogen-bond donors (Lipinski definition) is 1. The summed E-state index contributed by atoms with van der Waals surface area (Å²) in [4.78, 5) is 6.92. The first kappa shape index (κ1) is 14.6. The highest BCUT2D eigenvalue weighted by atomic mass is 35.5. The molecule has 0 spiro atoms. The maximum Gasteiger partial charge on any atom is 0.128 e. The minimum absolute atomic E-state index is 0.638. The SMILES string of the molecule is CC(C)CNCc1nc(N(C)CC2CC2)ccc1Cl. The fourth-order valence-electron chi connectivity index (χ4n) is 2.07. The van der Waals surface area contributed by atoms with Crippen LogP contribution in [0.3, 0.4) is 0 Å². The summed E-state index contributed by atoms with van der Waals surface area (Å²) in [5.74, 6) is 2.53. The van der Waals surface area contributed by atoms with Gasteiger partial charge < -0.3 is 10.2 Å². The van der Waals surface area contributed by atoms with E-state index < -0.39 is 0 Å². The lowest BCUT2D eigenvalue weighted by Crippen LogP contribution is -2.23. The maximum atomic E-state index is 6.21. The van der Waals surface area contributed by atoms with Gasteiger partial charge in [0.25, 0.3) is 0 Å². The van der Waals surface area contributed by atoms with Gasteiger partial charge in [-0.15, -0.1) is 0 Å². The molecule has 0 saturated heterocycles. The third-order valence-electron chi connectivity index (χ3n) is 3.37. The first-order chi connectivity index (χ1) is 9.06. The van der Waals surface area contributed by atoms with E-state index in [1.807, 2.05) is 12.1 Å². The molecule has 1 aliphatic rings. The van der Waals surface area contributed by atoms with E-state index in [0.717, 1.165) is 42.1 Å². The van der Waals surface area contributed by atoms with Crippen molar-refractivity contribution in [3.05, 3.63) is 22.8 Å². The normalized spacial score (nSPS) is 15.0. The van der Waals surface area contributed by atoms with Gasteiger partial charge in [-0.1, -0.05) is 25.4 Å². The average molecular weight is 282 g/mol. The monoisotopic (exact) mass is 281 g/mol. The summed E-state index contributed by atoms with van der Waals surface area (Å²) in [6.45, 7) is 7.22. The molecule has 0 aromatic carbocycles. The van der Waals surface area contributed by atoms with Gasteiger partial charge >= 0.3 is 0 Å². The number of nitrogens with zero attached hydrogens (tertiary/aromatic N) is 2. The minimum atomic E-state index is 0.638. The second-order valence-electron chi connectivity index (χ2n) is 5.95. The summed E-state index contributed by atoms with van der Waals surface area (Å²) in [7, 11) is 2.11. The molecule has 0 amide bonds. The average Bonchev–Trinajstić information content (AvgIpc) is 3.15. The molecule has 1 heterocycles. The predicted octanol–water partition coefficient (Wildman–Crippen LogP) is 3.33. The molecule has 0 aliphatic heterocycles. The van der Waals surface area contributed by atoms with Crippen LogP contribution in [-0.4, -0.2) is 25.1 Å². The van der Waals surface area contributed by atoms with E-state index in [1.165, 1.54) is 12.8 Å². The van der Waals surface area contributed by atoms with Crippen LogP contribution in [0.4, 0.5) is 5.82 Å². The molecule has 1 aromatic heterocycles. The molecule has 0 radical (unpaired) electrons. The molecule has 4 heteroatoms. The molecule has 106 valence electrons. The molecule has 0 bridgehead atoms. The van der Waals surface area contributed by atoms with Crippen molar-refractivity contribution in [2.45, 2.75) is 33.2 Å². The highest BCUT2D eigenvalue weighted by Crippen LogP contribution is 2.30. The summed E-state index contributed by atoms with van der Waals surface area (Å²) >= 11 is 6.21. The van der Waals surface area contributed by atoms with Gasteiger partial charge in [-0.3, -0.25) is 0 Å². The highest BCUT2D eigenvalue weighted by molar-refractivity contribution is 6.31. The van der Waals surface area contributed by atoms with Crippen LogP contribution in [-0.2, 0) is 6.54 Å². The van der Waals surface area contributed by atoms with Crippen molar-refractivity contribution < 1.29 is 0 Å². The fraction of sp³-hybridized carbons (Fsp3) is 0.667. The van der Waals surface area contributed by atoms with Gasteiger partial charge in [-0.2, -0.15) is 0 Å². The Morgan fingerprint density at radius 2 is 2.16 bits per heavy atom. The highest BCUT2D eigenvalue weighted by Gasteiger charge is 2.23. The largest absolute Gasteiger partial charge is 0.359 e. The summed E-state index contributed by atoms with van der Waals surface area (Å²) < 4.78 is 0. The molecular formula is C15H24ClN3. The maximum absolute atomic E-state index is 6.21. The van der Waals surface area contributed by atoms with E-state index in [0.29, 0.717) is 5.92 Å². The number of halogens is 1. The standard InChI is InChI=1S/C15H24ClN3/c1-11(2)8-17-9-14-13(16)6-7-15(18-14)19(3)10-12-4-5-12/h6-7,11-12,17H,4-5,8-10H2,1-3H3. The summed E-state index contributed by atoms with van der Waals surface area (Å²) in [5.41, 5.74) is 0.947. The smallest absolute Gasteiger partial charge is 0.128 e. The van der Waals surface area contributed by atoms with Gasteiger partial charge in [0.05, 0.1) is 10.7 Å². The fourth-order valence-corrected chi connectivity index (χ4v) is 2.24. The van der Waals surface area contributed by atoms with Gasteiger partial charge in [-0.25, -0.2) is 4.98 Å². The number of nitrogens with one attached hydrogen (secondary N) is 1. The molecule has 1 aliphatic carbocycles. The Kier molecular flexibility index (Phi) is 5.06. The quantitative estimate of drug-likeness (QED) is 0.831. The lowest BCUT2D eigenvalue weighted by molar-refractivity contribution is 0.548. The Hall–Kier alpha value is -0.800. The van der Waals surface area contributed by atoms with E-state index in [2.05, 4.69) is 36.1 Å². The predicted molar refractivity (Wildman–Crippen MR) is 81.8 cm³/mol. The number of aromatic nitrogens is 1. The number of anilines is 1. The molecule has 2 rings (SSSR count). The van der Waals surface area contributed by atoms with E-state index in [9.17, 15) is 0 Å². The number of pyridine rings is 1. The number of rotatable bonds is 7. The third-order valence-corrected chi connectivity index (χ3v) is 3.71. The van der Waals surface area contributed by atoms with Crippen molar-refractivity contribution in [1.29, 1.82) is 0 Å². The van der Waals surface area contributed by atoms with E-state index >= 15 is 0 Å². The lowest BCUT2D eigenvalue weighted by atomic mass is 10.2. The minimum Gasteiger partial charge on any atom is -0.359 e. The van der Waals surface area contributed by atoms with Crippen LogP contribution >= 0.6 is 11.6 Å². The zero-order valence-electron chi connectivity index (χ0n) is 12.1. The van der Waals surface area contributed by atoms with E-state index in [1.54, 1.807) is 0 Å². The van der Waals surface area contributed by atoms with Crippen LogP contribution in [0.5, 0.6) is 0 Å². The lowest BCUT2D eigenvalue weighted by Gasteiger charge is -2.19. The second-order valence-corrected chi connectivity index (χ2v) is 6.35. The molecule has 0 atom stereocenters. The molecule has 1 saturated carbocycles. The zero-order valence-corrected chi connectivity index (χ0v) is 12.9. The molecule has 0 unspecified atom stereocenters. The molecular weight excluding hydrogens is 258 g/mol. The summed E-state index contributed by atoms with van der Waals surface area (Å²) in [6, 6.07) is 3.97. The van der Waals surface area contributed by atoms with Crippen molar-refractivity contribution in [2.24, 2.45) is 11.8 Å². The van der Waals surface area contributed by atoms with Crippen LogP contribution in [0.25, 0.3) is 0 Å². The van der Waals surface area contributed by atoms with Crippen molar-refractivity contribution in [3.63, 3.8) is 0 Å². The summed E-state index contributed by atoms with van der Waals surface area (Å²) in [6.07, 6.45) is 2.72. The summed E-state index contributed by atoms with van der Waals surface area (Å²) in [5, 5.41) is 4.15. The van der Waals surface area contributed by atoms with Crippen molar-refractivity contribution in [2.75, 3.05) is 25.0 Å². The Balaban J connectivity index is 1.96. The Bertz CT molecular complexity index is 416. The Labute approximate surface area is 121 Å². The van der Waals surface area contributed by atoms with Crippen LogP contribution < -0.4 is 10.2 Å². The van der Waals surface area contributed by atoms with Gasteiger partial charge in [0.2, 0.25) is 0 Å². The molecule has 19 heavy (non-hydrogen) atoms. The Morgan fingerprint density at radius 3 is 2.79 bits per heavy atom. The van der Waals surface area contributed by atoms with Gasteiger partial charge in [0.15, 0.2) is 0 Å². The molecule has 1 aromatic rings. The van der Waals surface area contributed by atoms with Crippen molar-refractivity contribution in [1.82, 2.24) is 10.3 Å². The van der Waals surface area contributed by atoms with E-state index in [4.69, 9.17) is 11.6 Å². The van der Waals surface area contributed by atoms with Crippen LogP contribution in [0.2, 0.25) is 5.02 Å². The van der Waals surface area contributed by atoms with Crippen molar-refractivity contribution in [3.8, 4) is 0 Å². The first-order valence-electron chi connectivity index (χ1n) is 7.13. The first-order valence-corrected chi connectivity index (χ1v) is 7.51. The van der Waals surface area contributed by atoms with Gasteiger partial charge in [0.1, 0.15) is 5.82 Å². The molecule has 1 N–H and O–H groups in total. The second kappa shape index (κ2) is 6.58. The van der Waals surface area contributed by atoms with Crippen LogP contribution in [0.1, 0.15) is 32.4 Å². The molecule has 1 fully saturated rings. The number of hydrogen-bond acceptors (Lipinski definition) is 3. The van der Waals surface area contributed by atoms with Crippen molar-refractivity contribution >= 4 is 17.4 Å². The van der Waals surface area contributed by atoms with E-state index in [-0.39, 0.29) is 0 Å². The zero-order chi connectivity index (χ0) is 13.8. The topological polar surface area (TPSA) is 28.2 Å². The van der Waals surface area contributed by atoms with Crippen LogP contribution in [0.15, 0.2) is 12.1 Å². The molecule has 3 nitrogen and oxygen atoms in total.